The van der Waals surface area contributed by atoms with Crippen molar-refractivity contribution in [1.82, 2.24) is 0 Å². The molecule has 0 radical (unpaired) electrons. The van der Waals surface area contributed by atoms with Gasteiger partial charge in [0.15, 0.2) is 5.78 Å². The third-order valence-corrected chi connectivity index (χ3v) is 8.39. The number of hydrogen-bond donors (Lipinski definition) is 0. The molecule has 0 spiro atoms. The van der Waals surface area contributed by atoms with E-state index in [0.29, 0.717) is 5.78 Å². The number of Topliss-reactive ketones (excluding diaryl/α,β-unsaturated/α-hetero) is 1. The van der Waals surface area contributed by atoms with Crippen LogP contribution in [0.1, 0.15) is 37.0 Å². The number of carbonyl (C=O) groups excluding carboxylic acids is 1. The van der Waals surface area contributed by atoms with Crippen molar-refractivity contribution in [2.75, 3.05) is 0 Å². The molecule has 1 aliphatic rings. The van der Waals surface area contributed by atoms with Gasteiger partial charge in [0.25, 0.3) is 0 Å². The second-order valence-electron chi connectivity index (χ2n) is 5.25. The Morgan fingerprint density at radius 1 is 1.31 bits per heavy atom. The van der Waals surface area contributed by atoms with Gasteiger partial charge in [-0.2, -0.15) is 0 Å². The van der Waals surface area contributed by atoms with Crippen molar-refractivity contribution in [3.05, 3.63) is 35.9 Å². The summed E-state index contributed by atoms with van der Waals surface area (Å²) in [4.78, 5) is 12.5. The zero-order valence-electron chi connectivity index (χ0n) is 10.0. The zero-order chi connectivity index (χ0) is 11.6. The third-order valence-electron chi connectivity index (χ3n) is 3.88. The average molecular weight is 230 g/mol. The van der Waals surface area contributed by atoms with E-state index in [0.717, 1.165) is 5.56 Å². The molecule has 0 saturated carbocycles. The van der Waals surface area contributed by atoms with Gasteiger partial charge in [-0.3, -0.25) is 4.79 Å². The van der Waals surface area contributed by atoms with Crippen LogP contribution in [-0.4, -0.2) is 14.6 Å². The molecule has 1 aromatic carbocycles. The van der Waals surface area contributed by atoms with Crippen LogP contribution in [0, 0.1) is 12.1 Å². The SMILES string of the molecule is CC(C)(C(=O)c1cc#ccc1)[SiH]1CCCC1. The maximum Gasteiger partial charge on any atom is 0.166 e. The normalized spacial score (nSPS) is 17.1. The molecule has 0 N–H and O–H groups in total. The zero-order valence-corrected chi connectivity index (χ0v) is 11.2. The summed E-state index contributed by atoms with van der Waals surface area (Å²) in [6.07, 6.45) is 2.67. The molecular weight excluding hydrogens is 212 g/mol. The summed E-state index contributed by atoms with van der Waals surface area (Å²) >= 11 is 0. The smallest absolute Gasteiger partial charge is 0.166 e. The first-order valence-corrected chi connectivity index (χ1v) is 8.26. The Balaban J connectivity index is 2.20. The van der Waals surface area contributed by atoms with E-state index >= 15 is 0 Å². The number of ketones is 1. The topological polar surface area (TPSA) is 17.1 Å². The molecule has 0 amide bonds. The fourth-order valence-electron chi connectivity index (χ4n) is 2.69. The maximum absolute atomic E-state index is 12.5. The maximum atomic E-state index is 12.5. The monoisotopic (exact) mass is 230 g/mol. The lowest BCUT2D eigenvalue weighted by Gasteiger charge is -2.28. The lowest BCUT2D eigenvalue weighted by Crippen LogP contribution is -2.32. The largest absolute Gasteiger partial charge is 0.294 e. The van der Waals surface area contributed by atoms with Crippen molar-refractivity contribution in [2.24, 2.45) is 0 Å². The van der Waals surface area contributed by atoms with Crippen LogP contribution in [0.5, 0.6) is 0 Å². The lowest BCUT2D eigenvalue weighted by atomic mass is 10.0. The van der Waals surface area contributed by atoms with Crippen molar-refractivity contribution < 1.29 is 4.79 Å². The van der Waals surface area contributed by atoms with E-state index in [4.69, 9.17) is 0 Å². The fraction of sp³-hybridized carbons (Fsp3) is 0.500. The highest BCUT2D eigenvalue weighted by Gasteiger charge is 2.39. The Kier molecular flexibility index (Phi) is 3.16. The van der Waals surface area contributed by atoms with Crippen LogP contribution < -0.4 is 0 Å². The van der Waals surface area contributed by atoms with Gasteiger partial charge in [-0.05, 0) is 18.2 Å². The number of carbonyl (C=O) groups is 1. The van der Waals surface area contributed by atoms with E-state index in [-0.39, 0.29) is 5.04 Å². The minimum absolute atomic E-state index is 0.0916. The van der Waals surface area contributed by atoms with Crippen LogP contribution >= 0.6 is 0 Å². The Morgan fingerprint density at radius 3 is 2.56 bits per heavy atom. The molecule has 0 aromatic heterocycles. The fourth-order valence-corrected chi connectivity index (χ4v) is 6.53. The summed E-state index contributed by atoms with van der Waals surface area (Å²) in [5.74, 6) is 0.316. The summed E-state index contributed by atoms with van der Waals surface area (Å²) in [6, 6.07) is 13.8. The summed E-state index contributed by atoms with van der Waals surface area (Å²) < 4.78 is 0. The van der Waals surface area contributed by atoms with Crippen molar-refractivity contribution in [1.29, 1.82) is 0 Å². The van der Waals surface area contributed by atoms with E-state index in [2.05, 4.69) is 26.0 Å². The molecule has 1 heterocycles. The molecule has 1 fully saturated rings. The van der Waals surface area contributed by atoms with Gasteiger partial charge in [0.05, 0.1) is 8.80 Å². The molecule has 1 saturated heterocycles. The molecule has 1 aromatic rings. The first-order chi connectivity index (χ1) is 7.62. The van der Waals surface area contributed by atoms with Crippen molar-refractivity contribution >= 4 is 14.6 Å². The number of hydrogen-bond acceptors (Lipinski definition) is 1. The first kappa shape index (κ1) is 11.4. The second kappa shape index (κ2) is 4.43. The Bertz CT molecular complexity index is 364. The summed E-state index contributed by atoms with van der Waals surface area (Å²) in [6.45, 7) is 4.29. The van der Waals surface area contributed by atoms with Gasteiger partial charge in [0, 0.05) is 10.6 Å². The molecule has 0 aliphatic carbocycles. The summed E-state index contributed by atoms with van der Waals surface area (Å²) in [5.41, 5.74) is 0.808. The van der Waals surface area contributed by atoms with Gasteiger partial charge in [-0.1, -0.05) is 50.9 Å². The van der Waals surface area contributed by atoms with Crippen LogP contribution in [-0.2, 0) is 0 Å². The van der Waals surface area contributed by atoms with E-state index in [1.165, 1.54) is 24.9 Å². The Hall–Kier alpha value is -1.07. The van der Waals surface area contributed by atoms with Gasteiger partial charge in [-0.15, -0.1) is 0 Å². The Labute approximate surface area is 99.5 Å². The van der Waals surface area contributed by atoms with Crippen LogP contribution in [0.3, 0.4) is 0 Å². The minimum atomic E-state index is -0.891. The van der Waals surface area contributed by atoms with Crippen molar-refractivity contribution in [3.63, 3.8) is 0 Å². The van der Waals surface area contributed by atoms with Gasteiger partial charge < -0.3 is 0 Å². The van der Waals surface area contributed by atoms with Gasteiger partial charge in [0.2, 0.25) is 0 Å². The van der Waals surface area contributed by atoms with Crippen LogP contribution in [0.15, 0.2) is 18.2 Å². The highest BCUT2D eigenvalue weighted by Crippen LogP contribution is 2.41. The predicted molar refractivity (Wildman–Crippen MR) is 68.5 cm³/mol. The summed E-state index contributed by atoms with van der Waals surface area (Å²) in [5, 5.41) is -0.0916. The first-order valence-electron chi connectivity index (χ1n) is 6.05. The highest BCUT2D eigenvalue weighted by molar-refractivity contribution is 6.68. The second-order valence-corrected chi connectivity index (χ2v) is 9.25. The lowest BCUT2D eigenvalue weighted by molar-refractivity contribution is 0.0946. The van der Waals surface area contributed by atoms with Gasteiger partial charge >= 0.3 is 0 Å². The van der Waals surface area contributed by atoms with Crippen LogP contribution in [0.4, 0.5) is 0 Å². The standard InChI is InChI=1S/C14H18OSi/c1-14(2,16-10-6-7-11-16)13(15)12-8-4-3-5-9-12/h4,8-9,16H,6-7,10-11H2,1-2H3. The number of rotatable bonds is 3. The molecule has 2 heteroatoms. The predicted octanol–water partition coefficient (Wildman–Crippen LogP) is 3.27. The molecule has 0 bridgehead atoms. The molecule has 16 heavy (non-hydrogen) atoms. The molecule has 0 atom stereocenters. The molecule has 2 rings (SSSR count). The molecule has 0 unspecified atom stereocenters. The van der Waals surface area contributed by atoms with E-state index < -0.39 is 8.80 Å². The van der Waals surface area contributed by atoms with E-state index in [1.807, 2.05) is 6.07 Å². The van der Waals surface area contributed by atoms with Crippen molar-refractivity contribution in [2.45, 2.75) is 43.8 Å². The quantitative estimate of drug-likeness (QED) is 0.575. The van der Waals surface area contributed by atoms with Gasteiger partial charge in [0.1, 0.15) is 0 Å². The summed E-state index contributed by atoms with van der Waals surface area (Å²) in [7, 11) is -0.891. The van der Waals surface area contributed by atoms with E-state index in [1.54, 1.807) is 12.1 Å². The molecule has 1 aliphatic heterocycles. The van der Waals surface area contributed by atoms with Gasteiger partial charge in [-0.25, -0.2) is 0 Å². The molecule has 84 valence electrons. The molecule has 1 nitrogen and oxygen atoms in total. The minimum Gasteiger partial charge on any atom is -0.294 e. The van der Waals surface area contributed by atoms with Crippen LogP contribution in [0.25, 0.3) is 0 Å². The highest BCUT2D eigenvalue weighted by atomic mass is 28.3. The Morgan fingerprint density at radius 2 is 2.00 bits per heavy atom. The van der Waals surface area contributed by atoms with Crippen molar-refractivity contribution in [3.8, 4) is 0 Å². The molecular formula is C14H18OSi. The third kappa shape index (κ3) is 2.05. The average Bonchev–Trinajstić information content (AvgIpc) is 2.83. The van der Waals surface area contributed by atoms with E-state index in [9.17, 15) is 4.79 Å². The van der Waals surface area contributed by atoms with Crippen LogP contribution in [0.2, 0.25) is 17.1 Å².